The lowest BCUT2D eigenvalue weighted by atomic mass is 10.1. The van der Waals surface area contributed by atoms with Gasteiger partial charge < -0.3 is 4.57 Å². The molecule has 2 heterocycles. The van der Waals surface area contributed by atoms with Crippen molar-refractivity contribution in [1.29, 1.82) is 0 Å². The molecule has 4 nitrogen and oxygen atoms in total. The third-order valence-corrected chi connectivity index (χ3v) is 6.20. The van der Waals surface area contributed by atoms with Crippen LogP contribution in [-0.2, 0) is 17.8 Å². The molecule has 2 aromatic carbocycles. The highest BCUT2D eigenvalue weighted by atomic mass is 32.2. The van der Waals surface area contributed by atoms with E-state index in [0.29, 0.717) is 11.4 Å². The minimum absolute atomic E-state index is 0.178. The molecule has 1 aliphatic heterocycles. The van der Waals surface area contributed by atoms with E-state index >= 15 is 0 Å². The quantitative estimate of drug-likeness (QED) is 0.465. The van der Waals surface area contributed by atoms with Gasteiger partial charge in [0.15, 0.2) is 0 Å². The molecule has 4 rings (SSSR count). The number of thioether (sulfide) groups is 1. The third kappa shape index (κ3) is 3.94. The topological polar surface area (TPSA) is 42.3 Å². The van der Waals surface area contributed by atoms with Crippen LogP contribution in [0, 0.1) is 5.92 Å². The van der Waals surface area contributed by atoms with Gasteiger partial charge in [0.05, 0.1) is 10.4 Å². The summed E-state index contributed by atoms with van der Waals surface area (Å²) in [5.41, 5.74) is 4.67. The van der Waals surface area contributed by atoms with Crippen LogP contribution in [0.25, 0.3) is 17.0 Å². The molecule has 0 N–H and O–H groups in total. The predicted molar refractivity (Wildman–Crippen MR) is 124 cm³/mol. The molecule has 0 atom stereocenters. The van der Waals surface area contributed by atoms with Crippen molar-refractivity contribution >= 4 is 39.9 Å². The Hall–Kier alpha value is -2.79. The molecule has 0 spiro atoms. The number of aromatic nitrogens is 1. The van der Waals surface area contributed by atoms with Crippen molar-refractivity contribution in [3.05, 3.63) is 76.3 Å². The summed E-state index contributed by atoms with van der Waals surface area (Å²) >= 11 is 1.04. The van der Waals surface area contributed by atoms with E-state index in [-0.39, 0.29) is 17.1 Å². The highest BCUT2D eigenvalue weighted by Crippen LogP contribution is 2.35. The average molecular weight is 419 g/mol. The van der Waals surface area contributed by atoms with E-state index < -0.39 is 0 Å². The predicted octanol–water partition coefficient (Wildman–Crippen LogP) is 5.94. The molecule has 0 radical (unpaired) electrons. The molecule has 1 aliphatic rings. The first-order chi connectivity index (χ1) is 14.5. The average Bonchev–Trinajstić information content (AvgIpc) is 3.21. The smallest absolute Gasteiger partial charge is 0.293 e. The van der Waals surface area contributed by atoms with Crippen molar-refractivity contribution in [3.8, 4) is 0 Å². The summed E-state index contributed by atoms with van der Waals surface area (Å²) in [5, 5.41) is 0.933. The van der Waals surface area contributed by atoms with Gasteiger partial charge in [0.1, 0.15) is 0 Å². The van der Waals surface area contributed by atoms with E-state index in [0.717, 1.165) is 35.7 Å². The third-order valence-electron chi connectivity index (χ3n) is 5.30. The molecule has 0 aliphatic carbocycles. The van der Waals surface area contributed by atoms with Crippen LogP contribution >= 0.6 is 11.8 Å². The molecule has 1 aromatic heterocycles. The van der Waals surface area contributed by atoms with Crippen LogP contribution in [0.2, 0.25) is 0 Å². The Morgan fingerprint density at radius 3 is 2.50 bits per heavy atom. The maximum atomic E-state index is 12.8. The van der Waals surface area contributed by atoms with Crippen molar-refractivity contribution in [2.75, 3.05) is 6.54 Å². The van der Waals surface area contributed by atoms with Gasteiger partial charge in [-0.2, -0.15) is 0 Å². The molecule has 3 aromatic rings. The highest BCUT2D eigenvalue weighted by molar-refractivity contribution is 8.18. The Morgan fingerprint density at radius 1 is 1.03 bits per heavy atom. The van der Waals surface area contributed by atoms with E-state index in [1.165, 1.54) is 21.5 Å². The fourth-order valence-electron chi connectivity index (χ4n) is 3.93. The van der Waals surface area contributed by atoms with E-state index in [9.17, 15) is 9.59 Å². The normalized spacial score (nSPS) is 15.9. The van der Waals surface area contributed by atoms with Crippen LogP contribution < -0.4 is 0 Å². The Bertz CT molecular complexity index is 1130. The van der Waals surface area contributed by atoms with Crippen LogP contribution in [0.1, 0.15) is 37.5 Å². The molecule has 154 valence electrons. The van der Waals surface area contributed by atoms with Crippen molar-refractivity contribution in [1.82, 2.24) is 9.47 Å². The molecule has 1 fully saturated rings. The number of aryl methyl sites for hydroxylation is 1. The largest absolute Gasteiger partial charge is 0.342 e. The molecular weight excluding hydrogens is 392 g/mol. The van der Waals surface area contributed by atoms with Crippen LogP contribution in [-0.4, -0.2) is 27.2 Å². The number of fused-ring (bicyclic) bond motifs is 1. The van der Waals surface area contributed by atoms with Gasteiger partial charge in [-0.1, -0.05) is 69.3 Å². The van der Waals surface area contributed by atoms with E-state index in [1.807, 2.05) is 38.1 Å². The highest BCUT2D eigenvalue weighted by Gasteiger charge is 2.35. The lowest BCUT2D eigenvalue weighted by Gasteiger charge is -2.14. The number of imide groups is 1. The van der Waals surface area contributed by atoms with E-state index in [1.54, 1.807) is 0 Å². The van der Waals surface area contributed by atoms with Gasteiger partial charge in [-0.05, 0) is 41.3 Å². The Labute approximate surface area is 181 Å². The number of carbonyl (C=O) groups excluding carboxylic acids is 2. The second-order valence-electron chi connectivity index (χ2n) is 8.05. The van der Waals surface area contributed by atoms with Crippen LogP contribution in [0.15, 0.2) is 59.6 Å². The van der Waals surface area contributed by atoms with Gasteiger partial charge in [-0.25, -0.2) is 0 Å². The molecule has 5 heteroatoms. The molecular formula is C25H26N2O2S. The number of hydrogen-bond donors (Lipinski definition) is 0. The summed E-state index contributed by atoms with van der Waals surface area (Å²) in [7, 11) is 0. The maximum Gasteiger partial charge on any atom is 0.293 e. The zero-order valence-corrected chi connectivity index (χ0v) is 18.4. The van der Waals surface area contributed by atoms with Gasteiger partial charge in [-0.3, -0.25) is 14.5 Å². The lowest BCUT2D eigenvalue weighted by molar-refractivity contribution is -0.123. The summed E-state index contributed by atoms with van der Waals surface area (Å²) in [6.07, 6.45) is 4.92. The first-order valence-electron chi connectivity index (χ1n) is 10.4. The second kappa shape index (κ2) is 8.52. The van der Waals surface area contributed by atoms with E-state index in [4.69, 9.17) is 0 Å². The molecule has 2 amide bonds. The Kier molecular flexibility index (Phi) is 5.82. The number of para-hydroxylation sites is 1. The zero-order valence-electron chi connectivity index (χ0n) is 17.6. The maximum absolute atomic E-state index is 12.8. The summed E-state index contributed by atoms with van der Waals surface area (Å²) in [6, 6.07) is 16.7. The zero-order chi connectivity index (χ0) is 21.3. The SMILES string of the molecule is CCc1cccc2c(/C=C3\SC(=O)N(CC(C)C)C3=O)cn(Cc3ccccc3)c12. The summed E-state index contributed by atoms with van der Waals surface area (Å²) < 4.78 is 2.26. The van der Waals surface area contributed by atoms with Crippen molar-refractivity contribution in [2.45, 2.75) is 33.7 Å². The van der Waals surface area contributed by atoms with Crippen molar-refractivity contribution < 1.29 is 9.59 Å². The number of amides is 2. The fourth-order valence-corrected chi connectivity index (χ4v) is 4.77. The fraction of sp³-hybridized carbons (Fsp3) is 0.280. The molecule has 0 saturated carbocycles. The standard InChI is InChI=1S/C25H26N2O2S/c1-4-19-11-8-12-21-20(13-22-24(28)27(14-17(2)3)25(29)30-22)16-26(23(19)21)15-18-9-6-5-7-10-18/h5-13,16-17H,4,14-15H2,1-3H3/b22-13-. The van der Waals surface area contributed by atoms with Gasteiger partial charge >= 0.3 is 0 Å². The Morgan fingerprint density at radius 2 is 1.80 bits per heavy atom. The number of rotatable bonds is 6. The minimum atomic E-state index is -0.186. The molecule has 1 saturated heterocycles. The van der Waals surface area contributed by atoms with E-state index in [2.05, 4.69) is 48.0 Å². The van der Waals surface area contributed by atoms with Crippen molar-refractivity contribution in [2.24, 2.45) is 5.92 Å². The van der Waals surface area contributed by atoms with Crippen LogP contribution in [0.5, 0.6) is 0 Å². The number of hydrogen-bond acceptors (Lipinski definition) is 3. The molecule has 0 unspecified atom stereocenters. The first kappa shape index (κ1) is 20.5. The molecule has 30 heavy (non-hydrogen) atoms. The first-order valence-corrected chi connectivity index (χ1v) is 11.2. The second-order valence-corrected chi connectivity index (χ2v) is 9.04. The van der Waals surface area contributed by atoms with Crippen LogP contribution in [0.3, 0.4) is 0 Å². The monoisotopic (exact) mass is 418 g/mol. The molecule has 0 bridgehead atoms. The van der Waals surface area contributed by atoms with Crippen LogP contribution in [0.4, 0.5) is 4.79 Å². The number of carbonyl (C=O) groups is 2. The Balaban J connectivity index is 1.77. The van der Waals surface area contributed by atoms with Gasteiger partial charge in [-0.15, -0.1) is 0 Å². The number of nitrogens with zero attached hydrogens (tertiary/aromatic N) is 2. The minimum Gasteiger partial charge on any atom is -0.342 e. The van der Waals surface area contributed by atoms with Crippen molar-refractivity contribution in [3.63, 3.8) is 0 Å². The summed E-state index contributed by atoms with van der Waals surface area (Å²) in [4.78, 5) is 27.0. The number of benzene rings is 2. The lowest BCUT2D eigenvalue weighted by Crippen LogP contribution is -2.31. The summed E-state index contributed by atoms with van der Waals surface area (Å²) in [6.45, 7) is 7.40. The van der Waals surface area contributed by atoms with Gasteiger partial charge in [0.25, 0.3) is 11.1 Å². The summed E-state index contributed by atoms with van der Waals surface area (Å²) in [5.74, 6) is 0.0621. The van der Waals surface area contributed by atoms with Gasteiger partial charge in [0, 0.05) is 30.2 Å². The van der Waals surface area contributed by atoms with Gasteiger partial charge in [0.2, 0.25) is 0 Å².